The molecule has 0 N–H and O–H groups in total. The molecule has 3 heterocycles. The summed E-state index contributed by atoms with van der Waals surface area (Å²) >= 11 is 6.12. The molecule has 0 bridgehead atoms. The molecule has 0 aliphatic heterocycles. The van der Waals surface area contributed by atoms with Crippen molar-refractivity contribution >= 4 is 33.5 Å². The van der Waals surface area contributed by atoms with E-state index >= 15 is 0 Å². The van der Waals surface area contributed by atoms with Gasteiger partial charge in [0.05, 0.1) is 5.69 Å². The van der Waals surface area contributed by atoms with Crippen LogP contribution in [0.2, 0.25) is 5.02 Å². The van der Waals surface area contributed by atoms with E-state index in [1.807, 2.05) is 36.0 Å². The molecule has 156 valence electrons. The number of hydrogen-bond donors (Lipinski definition) is 0. The number of aromatic nitrogens is 5. The summed E-state index contributed by atoms with van der Waals surface area (Å²) in [6.45, 7) is 5.22. The Balaban J connectivity index is 1.86. The summed E-state index contributed by atoms with van der Waals surface area (Å²) in [6.07, 6.45) is 4.09. The summed E-state index contributed by atoms with van der Waals surface area (Å²) in [4.78, 5) is 10.0. The quantitative estimate of drug-likeness (QED) is 0.330. The molecule has 5 aromatic rings. The second-order valence-corrected chi connectivity index (χ2v) is 8.20. The Bertz CT molecular complexity index is 1400. The van der Waals surface area contributed by atoms with Gasteiger partial charge in [-0.1, -0.05) is 43.1 Å². The number of halogens is 1. The van der Waals surface area contributed by atoms with Crippen molar-refractivity contribution in [3.63, 3.8) is 0 Å². The van der Waals surface area contributed by atoms with Crippen molar-refractivity contribution in [1.29, 1.82) is 0 Å². The van der Waals surface area contributed by atoms with Gasteiger partial charge < -0.3 is 4.57 Å². The number of benzene rings is 2. The Kier molecular flexibility index (Phi) is 4.98. The van der Waals surface area contributed by atoms with E-state index in [1.165, 1.54) is 10.9 Å². The first-order valence-corrected chi connectivity index (χ1v) is 11.1. The van der Waals surface area contributed by atoms with Crippen molar-refractivity contribution in [3.05, 3.63) is 65.4 Å². The normalized spacial score (nSPS) is 11.6. The molecule has 0 aliphatic carbocycles. The highest BCUT2D eigenvalue weighted by Gasteiger charge is 2.21. The number of fused-ring (bicyclic) bond motifs is 2. The fourth-order valence-corrected chi connectivity index (χ4v) is 4.39. The molecule has 5 rings (SSSR count). The van der Waals surface area contributed by atoms with E-state index in [-0.39, 0.29) is 0 Å². The van der Waals surface area contributed by atoms with Crippen molar-refractivity contribution < 1.29 is 0 Å². The minimum Gasteiger partial charge on any atom is -0.347 e. The molecule has 31 heavy (non-hydrogen) atoms. The molecule has 0 atom stereocenters. The summed E-state index contributed by atoms with van der Waals surface area (Å²) in [6, 6.07) is 16.2. The maximum absolute atomic E-state index is 6.12. The first-order chi connectivity index (χ1) is 15.1. The first kappa shape index (κ1) is 19.8. The molecule has 3 aromatic heterocycles. The molecule has 2 aromatic carbocycles. The molecule has 6 heteroatoms. The molecule has 0 spiro atoms. The van der Waals surface area contributed by atoms with Crippen molar-refractivity contribution in [2.75, 3.05) is 0 Å². The van der Waals surface area contributed by atoms with Crippen LogP contribution in [0.3, 0.4) is 0 Å². The third kappa shape index (κ3) is 3.29. The van der Waals surface area contributed by atoms with Gasteiger partial charge in [0.25, 0.3) is 0 Å². The third-order valence-corrected chi connectivity index (χ3v) is 5.98. The number of aryl methyl sites for hydroxylation is 3. The number of nitrogens with zero attached hydrogens (tertiary/aromatic N) is 5. The third-order valence-electron chi connectivity index (χ3n) is 5.73. The number of rotatable bonds is 5. The van der Waals surface area contributed by atoms with Gasteiger partial charge in [-0.15, -0.1) is 0 Å². The van der Waals surface area contributed by atoms with Crippen LogP contribution in [0.15, 0.2) is 54.7 Å². The van der Waals surface area contributed by atoms with E-state index in [4.69, 9.17) is 26.7 Å². The largest absolute Gasteiger partial charge is 0.347 e. The van der Waals surface area contributed by atoms with Crippen molar-refractivity contribution in [2.24, 2.45) is 7.05 Å². The van der Waals surface area contributed by atoms with Crippen molar-refractivity contribution in [1.82, 2.24) is 24.3 Å². The highest BCUT2D eigenvalue weighted by Crippen LogP contribution is 2.36. The highest BCUT2D eigenvalue weighted by molar-refractivity contribution is 6.30. The maximum Gasteiger partial charge on any atom is 0.160 e. The predicted molar refractivity (Wildman–Crippen MR) is 127 cm³/mol. The van der Waals surface area contributed by atoms with Crippen LogP contribution < -0.4 is 0 Å². The summed E-state index contributed by atoms with van der Waals surface area (Å²) < 4.78 is 4.20. The van der Waals surface area contributed by atoms with Crippen LogP contribution in [0.1, 0.15) is 26.0 Å². The molecule has 0 aliphatic rings. The molecule has 0 unspecified atom stereocenters. The van der Waals surface area contributed by atoms with Crippen LogP contribution in [0.4, 0.5) is 0 Å². The van der Waals surface area contributed by atoms with E-state index in [0.29, 0.717) is 10.8 Å². The van der Waals surface area contributed by atoms with Gasteiger partial charge in [-0.25, -0.2) is 9.97 Å². The van der Waals surface area contributed by atoms with Crippen LogP contribution in [-0.4, -0.2) is 24.3 Å². The number of hydrogen-bond acceptors (Lipinski definition) is 3. The lowest BCUT2D eigenvalue weighted by Gasteiger charge is -2.08. The smallest absolute Gasteiger partial charge is 0.160 e. The Morgan fingerprint density at radius 2 is 1.74 bits per heavy atom. The van der Waals surface area contributed by atoms with Crippen LogP contribution in [0, 0.1) is 0 Å². The lowest BCUT2D eigenvalue weighted by Crippen LogP contribution is -1.98. The molecule has 0 saturated carbocycles. The van der Waals surface area contributed by atoms with Crippen LogP contribution in [0.5, 0.6) is 0 Å². The molecular weight excluding hydrogens is 406 g/mol. The molecule has 5 nitrogen and oxygen atoms in total. The SMILES string of the molecule is CCCc1nn(C)c2c(-c3cn(CC)c4ccccc34)nc(-c3ccc(Cl)cc3)nc12. The average molecular weight is 430 g/mol. The second-order valence-electron chi connectivity index (χ2n) is 7.77. The minimum atomic E-state index is 0.692. The van der Waals surface area contributed by atoms with Gasteiger partial charge in [0.2, 0.25) is 0 Å². The van der Waals surface area contributed by atoms with E-state index in [1.54, 1.807) is 0 Å². The van der Waals surface area contributed by atoms with Crippen molar-refractivity contribution in [2.45, 2.75) is 33.2 Å². The van der Waals surface area contributed by atoms with Gasteiger partial charge in [-0.05, 0) is 43.7 Å². The second kappa shape index (κ2) is 7.82. The Hall–Kier alpha value is -3.18. The fraction of sp³-hybridized carbons (Fsp3) is 0.240. The Morgan fingerprint density at radius 3 is 2.48 bits per heavy atom. The van der Waals surface area contributed by atoms with Gasteiger partial charge in [0.15, 0.2) is 5.82 Å². The predicted octanol–water partition coefficient (Wildman–Crippen LogP) is 6.28. The molecule has 0 fully saturated rings. The first-order valence-electron chi connectivity index (χ1n) is 10.7. The average Bonchev–Trinajstić information content (AvgIpc) is 3.32. The highest BCUT2D eigenvalue weighted by atomic mass is 35.5. The van der Waals surface area contributed by atoms with Gasteiger partial charge in [0, 0.05) is 46.8 Å². The monoisotopic (exact) mass is 429 g/mol. The van der Waals surface area contributed by atoms with E-state index < -0.39 is 0 Å². The Labute approximate surface area is 186 Å². The van der Waals surface area contributed by atoms with E-state index in [2.05, 4.69) is 48.9 Å². The Morgan fingerprint density at radius 1 is 0.968 bits per heavy atom. The van der Waals surface area contributed by atoms with E-state index in [0.717, 1.165) is 52.9 Å². The van der Waals surface area contributed by atoms with Crippen LogP contribution in [-0.2, 0) is 20.0 Å². The molecule has 0 saturated heterocycles. The topological polar surface area (TPSA) is 48.5 Å². The zero-order valence-corrected chi connectivity index (χ0v) is 18.7. The summed E-state index contributed by atoms with van der Waals surface area (Å²) in [5.41, 5.74) is 7.07. The summed E-state index contributed by atoms with van der Waals surface area (Å²) in [5.74, 6) is 0.692. The minimum absolute atomic E-state index is 0.692. The molecule has 0 radical (unpaired) electrons. The van der Waals surface area contributed by atoms with Crippen LogP contribution in [0.25, 0.3) is 44.6 Å². The molecular formula is C25H24ClN5. The molecule has 0 amide bonds. The summed E-state index contributed by atoms with van der Waals surface area (Å²) in [7, 11) is 1.98. The van der Waals surface area contributed by atoms with Gasteiger partial charge in [-0.2, -0.15) is 5.10 Å². The number of para-hydroxylation sites is 1. The lowest BCUT2D eigenvalue weighted by molar-refractivity contribution is 0.753. The van der Waals surface area contributed by atoms with Crippen LogP contribution >= 0.6 is 11.6 Å². The standard InChI is InChI=1S/C25H24ClN5/c1-4-8-20-23-24(30(3)29-20)22(27-25(28-23)16-11-13-17(26)14-12-16)19-15-31(5-2)21-10-7-6-9-18(19)21/h6-7,9-15H,4-5,8H2,1-3H3. The zero-order valence-electron chi connectivity index (χ0n) is 17.9. The van der Waals surface area contributed by atoms with E-state index in [9.17, 15) is 0 Å². The summed E-state index contributed by atoms with van der Waals surface area (Å²) in [5, 5.41) is 6.69. The van der Waals surface area contributed by atoms with Gasteiger partial charge >= 0.3 is 0 Å². The maximum atomic E-state index is 6.12. The van der Waals surface area contributed by atoms with Crippen molar-refractivity contribution in [3.8, 4) is 22.6 Å². The zero-order chi connectivity index (χ0) is 21.5. The lowest BCUT2D eigenvalue weighted by atomic mass is 10.1. The van der Waals surface area contributed by atoms with Gasteiger partial charge in [0.1, 0.15) is 16.7 Å². The van der Waals surface area contributed by atoms with Gasteiger partial charge in [-0.3, -0.25) is 4.68 Å². The fourth-order valence-electron chi connectivity index (χ4n) is 4.26.